The van der Waals surface area contributed by atoms with Crippen molar-refractivity contribution in [1.82, 2.24) is 9.88 Å². The van der Waals surface area contributed by atoms with Gasteiger partial charge in [-0.25, -0.2) is 9.18 Å². The smallest absolute Gasteiger partial charge is 0.354 e. The molecule has 1 aromatic heterocycles. The zero-order valence-electron chi connectivity index (χ0n) is 17.6. The van der Waals surface area contributed by atoms with Gasteiger partial charge in [0.25, 0.3) is 5.91 Å². The number of carbonyl (C=O) groups is 3. The van der Waals surface area contributed by atoms with E-state index in [1.807, 2.05) is 13.8 Å². The van der Waals surface area contributed by atoms with E-state index in [0.29, 0.717) is 28.9 Å². The van der Waals surface area contributed by atoms with Crippen LogP contribution in [0.15, 0.2) is 24.3 Å². The molecule has 0 saturated heterocycles. The largest absolute Gasteiger partial charge is 0.464 e. The summed E-state index contributed by atoms with van der Waals surface area (Å²) in [4.78, 5) is 42.7. The highest BCUT2D eigenvalue weighted by molar-refractivity contribution is 6.07. The zero-order chi connectivity index (χ0) is 21.9. The molecule has 0 aliphatic heterocycles. The number of nitrogens with one attached hydrogen (secondary N) is 1. The standard InChI is InChI=1S/C22H27FN2O4/c1-12(2)11-25(21(27)16-7-9-17(23)10-8-16)15(5)20(26)18-13(3)19(22(28)29-6)24-14(18)4/h7-10,12,15,24H,11H2,1-6H3. The Morgan fingerprint density at radius 1 is 1.10 bits per heavy atom. The van der Waals surface area contributed by atoms with Crippen LogP contribution in [0.1, 0.15) is 63.2 Å². The number of hydrogen-bond acceptors (Lipinski definition) is 4. The van der Waals surface area contributed by atoms with Crippen LogP contribution in [-0.4, -0.2) is 47.2 Å². The van der Waals surface area contributed by atoms with Gasteiger partial charge in [0.2, 0.25) is 0 Å². The molecule has 0 radical (unpaired) electrons. The predicted octanol–water partition coefficient (Wildman–Crippen LogP) is 3.93. The van der Waals surface area contributed by atoms with Crippen LogP contribution in [0.3, 0.4) is 0 Å². The number of aromatic nitrogens is 1. The number of ether oxygens (including phenoxy) is 1. The highest BCUT2D eigenvalue weighted by Crippen LogP contribution is 2.23. The van der Waals surface area contributed by atoms with Crippen LogP contribution >= 0.6 is 0 Å². The first-order valence-electron chi connectivity index (χ1n) is 9.46. The molecule has 0 saturated carbocycles. The monoisotopic (exact) mass is 402 g/mol. The fourth-order valence-corrected chi connectivity index (χ4v) is 3.34. The fraction of sp³-hybridized carbons (Fsp3) is 0.409. The molecule has 0 bridgehead atoms. The molecular formula is C22H27FN2O4. The Morgan fingerprint density at radius 3 is 2.21 bits per heavy atom. The van der Waals surface area contributed by atoms with Crippen LogP contribution in [0.4, 0.5) is 4.39 Å². The Labute approximate surface area is 170 Å². The fourth-order valence-electron chi connectivity index (χ4n) is 3.34. The molecule has 0 aliphatic rings. The number of rotatable bonds is 7. The molecule has 1 amide bonds. The van der Waals surface area contributed by atoms with E-state index in [2.05, 4.69) is 4.98 Å². The normalized spacial score (nSPS) is 12.0. The van der Waals surface area contributed by atoms with Crippen molar-refractivity contribution in [2.75, 3.05) is 13.7 Å². The summed E-state index contributed by atoms with van der Waals surface area (Å²) in [5.41, 5.74) is 1.94. The molecule has 2 rings (SSSR count). The zero-order valence-corrected chi connectivity index (χ0v) is 17.6. The Kier molecular flexibility index (Phi) is 6.95. The van der Waals surface area contributed by atoms with Gasteiger partial charge in [-0.15, -0.1) is 0 Å². The number of methoxy groups -OCH3 is 1. The molecule has 156 valence electrons. The van der Waals surface area contributed by atoms with Gasteiger partial charge in [-0.05, 0) is 56.5 Å². The number of hydrogen-bond donors (Lipinski definition) is 1. The molecule has 1 atom stereocenters. The summed E-state index contributed by atoms with van der Waals surface area (Å²) in [5.74, 6) is -1.50. The number of nitrogens with zero attached hydrogens (tertiary/aromatic N) is 1. The Balaban J connectivity index is 2.41. The van der Waals surface area contributed by atoms with E-state index in [1.54, 1.807) is 20.8 Å². The first-order valence-corrected chi connectivity index (χ1v) is 9.46. The van der Waals surface area contributed by atoms with Crippen molar-refractivity contribution >= 4 is 17.7 Å². The molecule has 1 unspecified atom stereocenters. The minimum absolute atomic E-state index is 0.119. The molecule has 7 heteroatoms. The van der Waals surface area contributed by atoms with Crippen molar-refractivity contribution < 1.29 is 23.5 Å². The van der Waals surface area contributed by atoms with Gasteiger partial charge in [-0.1, -0.05) is 13.8 Å². The number of benzene rings is 1. The summed E-state index contributed by atoms with van der Waals surface area (Å²) in [5, 5.41) is 0. The Bertz CT molecular complexity index is 916. The lowest BCUT2D eigenvalue weighted by atomic mass is 9.98. The Hall–Kier alpha value is -2.96. The van der Waals surface area contributed by atoms with Crippen molar-refractivity contribution in [3.8, 4) is 0 Å². The molecular weight excluding hydrogens is 375 g/mol. The third-order valence-corrected chi connectivity index (χ3v) is 4.83. The molecule has 1 N–H and O–H groups in total. The third kappa shape index (κ3) is 4.72. The van der Waals surface area contributed by atoms with Gasteiger partial charge in [0.05, 0.1) is 13.2 Å². The first kappa shape index (κ1) is 22.3. The molecule has 29 heavy (non-hydrogen) atoms. The third-order valence-electron chi connectivity index (χ3n) is 4.83. The molecule has 1 heterocycles. The number of halogens is 1. The summed E-state index contributed by atoms with van der Waals surface area (Å²) in [7, 11) is 1.27. The van der Waals surface area contributed by atoms with E-state index in [1.165, 1.54) is 36.3 Å². The van der Waals surface area contributed by atoms with E-state index in [0.717, 1.165) is 0 Å². The number of esters is 1. The predicted molar refractivity (Wildman–Crippen MR) is 108 cm³/mol. The van der Waals surface area contributed by atoms with Crippen LogP contribution < -0.4 is 0 Å². The van der Waals surface area contributed by atoms with E-state index in [-0.39, 0.29) is 23.3 Å². The summed E-state index contributed by atoms with van der Waals surface area (Å²) < 4.78 is 18.0. The van der Waals surface area contributed by atoms with Crippen molar-refractivity contribution in [3.63, 3.8) is 0 Å². The summed E-state index contributed by atoms with van der Waals surface area (Å²) in [6.07, 6.45) is 0. The summed E-state index contributed by atoms with van der Waals surface area (Å²) >= 11 is 0. The van der Waals surface area contributed by atoms with E-state index < -0.39 is 17.8 Å². The maximum atomic E-state index is 13.3. The average Bonchev–Trinajstić information content (AvgIpc) is 2.98. The second-order valence-corrected chi connectivity index (χ2v) is 7.52. The lowest BCUT2D eigenvalue weighted by molar-refractivity contribution is 0.0591. The van der Waals surface area contributed by atoms with Crippen molar-refractivity contribution in [1.29, 1.82) is 0 Å². The minimum atomic E-state index is -0.770. The summed E-state index contributed by atoms with van der Waals surface area (Å²) in [6.45, 7) is 9.29. The highest BCUT2D eigenvalue weighted by Gasteiger charge is 2.32. The minimum Gasteiger partial charge on any atom is -0.464 e. The number of Topliss-reactive ketones (excluding diaryl/α,β-unsaturated/α-hetero) is 1. The molecule has 0 fully saturated rings. The van der Waals surface area contributed by atoms with Crippen molar-refractivity contribution in [2.24, 2.45) is 5.92 Å². The lowest BCUT2D eigenvalue weighted by Crippen LogP contribution is -2.45. The number of aromatic amines is 1. The maximum absolute atomic E-state index is 13.3. The number of H-pyrrole nitrogens is 1. The number of ketones is 1. The van der Waals surface area contributed by atoms with E-state index in [4.69, 9.17) is 4.74 Å². The average molecular weight is 402 g/mol. The maximum Gasteiger partial charge on any atom is 0.354 e. The van der Waals surface area contributed by atoms with E-state index >= 15 is 0 Å². The SMILES string of the molecule is COC(=O)c1[nH]c(C)c(C(=O)C(C)N(CC(C)C)C(=O)c2ccc(F)cc2)c1C. The molecule has 0 spiro atoms. The van der Waals surface area contributed by atoms with Crippen LogP contribution in [0.5, 0.6) is 0 Å². The quantitative estimate of drug-likeness (QED) is 0.562. The molecule has 0 aliphatic carbocycles. The van der Waals surface area contributed by atoms with Gasteiger partial charge in [0.15, 0.2) is 5.78 Å². The van der Waals surface area contributed by atoms with Crippen LogP contribution in [-0.2, 0) is 4.74 Å². The highest BCUT2D eigenvalue weighted by atomic mass is 19.1. The molecule has 1 aromatic carbocycles. The van der Waals surface area contributed by atoms with Crippen molar-refractivity contribution in [2.45, 2.75) is 40.7 Å². The van der Waals surface area contributed by atoms with E-state index in [9.17, 15) is 18.8 Å². The van der Waals surface area contributed by atoms with Gasteiger partial charge in [-0.2, -0.15) is 0 Å². The van der Waals surface area contributed by atoms with Gasteiger partial charge < -0.3 is 14.6 Å². The topological polar surface area (TPSA) is 79.5 Å². The molecule has 2 aromatic rings. The van der Waals surface area contributed by atoms with Crippen LogP contribution in [0, 0.1) is 25.6 Å². The second kappa shape index (κ2) is 9.03. The van der Waals surface area contributed by atoms with Crippen LogP contribution in [0.2, 0.25) is 0 Å². The lowest BCUT2D eigenvalue weighted by Gasteiger charge is -2.30. The number of amides is 1. The number of aryl methyl sites for hydroxylation is 1. The molecule has 6 nitrogen and oxygen atoms in total. The first-order chi connectivity index (χ1) is 13.6. The van der Waals surface area contributed by atoms with Crippen LogP contribution in [0.25, 0.3) is 0 Å². The van der Waals surface area contributed by atoms with Gasteiger partial charge in [-0.3, -0.25) is 9.59 Å². The number of carbonyl (C=O) groups excluding carboxylic acids is 3. The Morgan fingerprint density at radius 2 is 1.69 bits per heavy atom. The van der Waals surface area contributed by atoms with Gasteiger partial charge in [0.1, 0.15) is 11.5 Å². The summed E-state index contributed by atoms with van der Waals surface area (Å²) in [6, 6.07) is 4.48. The van der Waals surface area contributed by atoms with Gasteiger partial charge in [0, 0.05) is 23.4 Å². The second-order valence-electron chi connectivity index (χ2n) is 7.52. The van der Waals surface area contributed by atoms with Gasteiger partial charge >= 0.3 is 5.97 Å². The van der Waals surface area contributed by atoms with Crippen molar-refractivity contribution in [3.05, 3.63) is 58.2 Å².